The van der Waals surface area contributed by atoms with Crippen LogP contribution in [0.3, 0.4) is 0 Å². The van der Waals surface area contributed by atoms with Crippen molar-refractivity contribution in [3.8, 4) is 0 Å². The van der Waals surface area contributed by atoms with Gasteiger partial charge in [-0.3, -0.25) is 9.69 Å². The third kappa shape index (κ3) is 5.57. The number of benzene rings is 2. The molecule has 3 heterocycles. The van der Waals surface area contributed by atoms with Crippen molar-refractivity contribution in [2.24, 2.45) is 0 Å². The van der Waals surface area contributed by atoms with Crippen molar-refractivity contribution in [2.45, 2.75) is 44.6 Å². The molecule has 206 valence electrons. The van der Waals surface area contributed by atoms with Gasteiger partial charge in [0, 0.05) is 77.6 Å². The standard InChI is InChI=1S/C30H37N5O3S/c1-20-14-21(28(36)34-18-24-9-7-13-33(24)17-23-8-5-6-10-26(23)34)11-12-22(20)16-31-30(37)35-19-25(38-4)15-27(35)29(39)32(2)3/h5-12,14,24-25,27H,13,15-19H2,1-4H3,(H,31,37)/t24?,25-,27+/m1/s1. The van der Waals surface area contributed by atoms with Crippen molar-refractivity contribution in [1.82, 2.24) is 20.0 Å². The van der Waals surface area contributed by atoms with Crippen molar-refractivity contribution in [2.75, 3.05) is 45.7 Å². The van der Waals surface area contributed by atoms with E-state index in [1.54, 1.807) is 12.0 Å². The molecule has 3 aliphatic rings. The predicted molar refractivity (Wildman–Crippen MR) is 157 cm³/mol. The number of carbonyl (C=O) groups excluding carboxylic acids is 2. The summed E-state index contributed by atoms with van der Waals surface area (Å²) in [4.78, 5) is 35.6. The quantitative estimate of drug-likeness (QED) is 0.456. The lowest BCUT2D eigenvalue weighted by molar-refractivity contribution is 0.0982. The van der Waals surface area contributed by atoms with Gasteiger partial charge in [0.2, 0.25) is 0 Å². The first-order valence-corrected chi connectivity index (χ1v) is 13.9. The van der Waals surface area contributed by atoms with Crippen molar-refractivity contribution in [3.63, 3.8) is 0 Å². The number of aryl methyl sites for hydroxylation is 1. The van der Waals surface area contributed by atoms with Gasteiger partial charge < -0.3 is 24.8 Å². The molecule has 9 heteroatoms. The van der Waals surface area contributed by atoms with Gasteiger partial charge in [0.05, 0.1) is 12.1 Å². The van der Waals surface area contributed by atoms with Gasteiger partial charge >= 0.3 is 6.03 Å². The molecule has 39 heavy (non-hydrogen) atoms. The topological polar surface area (TPSA) is 68.4 Å². The molecule has 1 fully saturated rings. The molecule has 2 aromatic rings. The molecule has 3 amide bonds. The summed E-state index contributed by atoms with van der Waals surface area (Å²) in [6.45, 7) is 5.21. The number of nitrogens with zero attached hydrogens (tertiary/aromatic N) is 4. The predicted octanol–water partition coefficient (Wildman–Crippen LogP) is 3.58. The number of anilines is 1. The molecule has 1 N–H and O–H groups in total. The number of fused-ring (bicyclic) bond motifs is 2. The molecule has 2 aromatic carbocycles. The maximum absolute atomic E-state index is 13.8. The number of amides is 3. The average Bonchev–Trinajstić information content (AvgIpc) is 3.54. The van der Waals surface area contributed by atoms with Crippen LogP contribution in [0.2, 0.25) is 0 Å². The lowest BCUT2D eigenvalue weighted by Crippen LogP contribution is -2.48. The number of ether oxygens (including phenoxy) is 1. The molecule has 0 aromatic heterocycles. The molecule has 0 aliphatic carbocycles. The van der Waals surface area contributed by atoms with Gasteiger partial charge in [-0.05, 0) is 41.8 Å². The minimum atomic E-state index is -0.178. The SMILES string of the molecule is CO[C@@H]1C[C@@H](C(=S)N(C)C)N(C(=O)NCc2ccc(C(=O)N3CC4C=CCN4Cc4ccccc43)cc2C)C1. The second kappa shape index (κ2) is 11.5. The molecule has 1 unspecified atom stereocenters. The normalized spacial score (nSPS) is 22.3. The van der Waals surface area contributed by atoms with Gasteiger partial charge in [-0.2, -0.15) is 0 Å². The number of nitrogens with one attached hydrogen (secondary N) is 1. The number of likely N-dealkylation sites (tertiary alicyclic amines) is 1. The first-order chi connectivity index (χ1) is 18.8. The van der Waals surface area contributed by atoms with E-state index >= 15 is 0 Å². The van der Waals surface area contributed by atoms with Crippen molar-refractivity contribution in [1.29, 1.82) is 0 Å². The van der Waals surface area contributed by atoms with Gasteiger partial charge in [0.25, 0.3) is 5.91 Å². The van der Waals surface area contributed by atoms with Crippen LogP contribution in [-0.2, 0) is 17.8 Å². The van der Waals surface area contributed by atoms with Gasteiger partial charge in [-0.25, -0.2) is 4.79 Å². The molecule has 0 bridgehead atoms. The number of urea groups is 1. The number of para-hydroxylation sites is 1. The van der Waals surface area contributed by atoms with E-state index in [0.717, 1.165) is 40.5 Å². The summed E-state index contributed by atoms with van der Waals surface area (Å²) in [5, 5.41) is 3.05. The summed E-state index contributed by atoms with van der Waals surface area (Å²) in [7, 11) is 5.46. The minimum absolute atomic E-state index is 0.00833. The summed E-state index contributed by atoms with van der Waals surface area (Å²) in [6, 6.07) is 13.8. The zero-order chi connectivity index (χ0) is 27.7. The monoisotopic (exact) mass is 547 g/mol. The van der Waals surface area contributed by atoms with Crippen LogP contribution in [0.4, 0.5) is 10.5 Å². The van der Waals surface area contributed by atoms with E-state index in [1.165, 1.54) is 0 Å². The van der Waals surface area contributed by atoms with Gasteiger partial charge in [-0.1, -0.05) is 48.6 Å². The van der Waals surface area contributed by atoms with Crippen molar-refractivity contribution < 1.29 is 14.3 Å². The summed E-state index contributed by atoms with van der Waals surface area (Å²) >= 11 is 5.59. The zero-order valence-electron chi connectivity index (χ0n) is 23.1. The molecule has 0 radical (unpaired) electrons. The maximum Gasteiger partial charge on any atom is 0.318 e. The summed E-state index contributed by atoms with van der Waals surface area (Å²) in [5.41, 5.74) is 4.72. The fraction of sp³-hybridized carbons (Fsp3) is 0.433. The van der Waals surface area contributed by atoms with E-state index in [2.05, 4.69) is 28.4 Å². The number of likely N-dealkylation sites (N-methyl/N-ethyl adjacent to an activating group) is 1. The number of rotatable bonds is 5. The summed E-state index contributed by atoms with van der Waals surface area (Å²) in [6.07, 6.45) is 5.03. The van der Waals surface area contributed by atoms with E-state index in [0.29, 0.717) is 31.6 Å². The van der Waals surface area contributed by atoms with Crippen molar-refractivity contribution in [3.05, 3.63) is 76.9 Å². The Kier molecular flexibility index (Phi) is 8.02. The van der Waals surface area contributed by atoms with Gasteiger partial charge in [0.15, 0.2) is 0 Å². The van der Waals surface area contributed by atoms with Crippen LogP contribution in [0, 0.1) is 6.92 Å². The van der Waals surface area contributed by atoms with E-state index in [1.807, 2.05) is 67.2 Å². The molecule has 0 spiro atoms. The summed E-state index contributed by atoms with van der Waals surface area (Å²) < 4.78 is 5.53. The largest absolute Gasteiger partial charge is 0.380 e. The highest BCUT2D eigenvalue weighted by Crippen LogP contribution is 2.31. The Hall–Kier alpha value is -3.27. The van der Waals surface area contributed by atoms with E-state index in [-0.39, 0.29) is 30.1 Å². The Morgan fingerprint density at radius 2 is 1.95 bits per heavy atom. The lowest BCUT2D eigenvalue weighted by Gasteiger charge is -2.28. The van der Waals surface area contributed by atoms with Crippen LogP contribution in [0.1, 0.15) is 33.5 Å². The lowest BCUT2D eigenvalue weighted by atomic mass is 10.0. The molecule has 5 rings (SSSR count). The number of thiocarbonyl (C=S) groups is 1. The number of methoxy groups -OCH3 is 1. The van der Waals surface area contributed by atoms with Crippen LogP contribution in [-0.4, -0.2) is 90.7 Å². The number of hydrogen-bond acceptors (Lipinski definition) is 5. The van der Waals surface area contributed by atoms with Crippen LogP contribution < -0.4 is 10.2 Å². The Bertz CT molecular complexity index is 1300. The van der Waals surface area contributed by atoms with E-state index in [4.69, 9.17) is 17.0 Å². The Balaban J connectivity index is 1.29. The third-order valence-corrected chi connectivity index (χ3v) is 8.68. The summed E-state index contributed by atoms with van der Waals surface area (Å²) in [5.74, 6) is -0.00833. The molecule has 0 saturated carbocycles. The van der Waals surface area contributed by atoms with Crippen LogP contribution in [0.25, 0.3) is 0 Å². The van der Waals surface area contributed by atoms with Crippen molar-refractivity contribution >= 4 is 34.8 Å². The molecule has 3 atom stereocenters. The zero-order valence-corrected chi connectivity index (χ0v) is 23.9. The Morgan fingerprint density at radius 1 is 1.15 bits per heavy atom. The molecular formula is C30H37N5O3S. The maximum atomic E-state index is 13.8. The third-order valence-electron chi connectivity index (χ3n) is 8.04. The molecule has 3 aliphatic heterocycles. The fourth-order valence-electron chi connectivity index (χ4n) is 5.75. The molecule has 1 saturated heterocycles. The Morgan fingerprint density at radius 3 is 2.69 bits per heavy atom. The minimum Gasteiger partial charge on any atom is -0.380 e. The highest BCUT2D eigenvalue weighted by Gasteiger charge is 2.38. The fourth-order valence-corrected chi connectivity index (χ4v) is 5.98. The molecule has 8 nitrogen and oxygen atoms in total. The smallest absolute Gasteiger partial charge is 0.318 e. The van der Waals surface area contributed by atoms with Crippen LogP contribution >= 0.6 is 12.2 Å². The molecular weight excluding hydrogens is 510 g/mol. The van der Waals surface area contributed by atoms with Crippen LogP contribution in [0.15, 0.2) is 54.6 Å². The first kappa shape index (κ1) is 27.3. The number of carbonyl (C=O) groups is 2. The average molecular weight is 548 g/mol. The highest BCUT2D eigenvalue weighted by molar-refractivity contribution is 7.80. The van der Waals surface area contributed by atoms with Gasteiger partial charge in [0.1, 0.15) is 4.99 Å². The van der Waals surface area contributed by atoms with E-state index in [9.17, 15) is 9.59 Å². The van der Waals surface area contributed by atoms with Gasteiger partial charge in [-0.15, -0.1) is 0 Å². The van der Waals surface area contributed by atoms with Crippen LogP contribution in [0.5, 0.6) is 0 Å². The second-order valence-electron chi connectivity index (χ2n) is 10.8. The number of hydrogen-bond donors (Lipinski definition) is 1. The van der Waals surface area contributed by atoms with E-state index < -0.39 is 0 Å². The highest BCUT2D eigenvalue weighted by atomic mass is 32.1. The second-order valence-corrected chi connectivity index (χ2v) is 11.2. The first-order valence-electron chi connectivity index (χ1n) is 13.4. The Labute approximate surface area is 236 Å².